The molecular weight excluding hydrogens is 320 g/mol. The number of likely N-dealkylation sites (N-methyl/N-ethyl adjacent to an activating group) is 1. The van der Waals surface area contributed by atoms with Gasteiger partial charge >= 0.3 is 0 Å². The Morgan fingerprint density at radius 2 is 2.40 bits per heavy atom. The van der Waals surface area contributed by atoms with Gasteiger partial charge in [0, 0.05) is 30.0 Å². The summed E-state index contributed by atoms with van der Waals surface area (Å²) in [4.78, 5) is 11.3. The number of morpholine rings is 1. The van der Waals surface area contributed by atoms with Crippen molar-refractivity contribution in [2.75, 3.05) is 38.3 Å². The van der Waals surface area contributed by atoms with Gasteiger partial charge in [0.2, 0.25) is 0 Å². The molecule has 0 aromatic carbocycles. The highest BCUT2D eigenvalue weighted by Gasteiger charge is 2.24. The number of ether oxygens (including phenoxy) is 1. The lowest BCUT2D eigenvalue weighted by atomic mass is 10.1. The van der Waals surface area contributed by atoms with Crippen LogP contribution in [0.25, 0.3) is 11.0 Å². The number of nitrogens with one attached hydrogen (secondary N) is 1. The first-order valence-electron chi connectivity index (χ1n) is 6.69. The van der Waals surface area contributed by atoms with Crippen LogP contribution >= 0.6 is 15.9 Å². The van der Waals surface area contributed by atoms with Crippen LogP contribution in [0.5, 0.6) is 0 Å². The van der Waals surface area contributed by atoms with Crippen molar-refractivity contribution in [1.82, 2.24) is 15.3 Å². The fourth-order valence-corrected chi connectivity index (χ4v) is 2.92. The number of rotatable bonds is 3. The SMILES string of the molecule is CNCC1COCCN1c1ccnc2cc(Br)cnc12. The summed E-state index contributed by atoms with van der Waals surface area (Å²) in [5, 5.41) is 3.23. The molecule has 0 radical (unpaired) electrons. The van der Waals surface area contributed by atoms with E-state index in [4.69, 9.17) is 4.74 Å². The van der Waals surface area contributed by atoms with Crippen molar-refractivity contribution in [1.29, 1.82) is 0 Å². The molecule has 106 valence electrons. The number of hydrogen-bond donors (Lipinski definition) is 1. The van der Waals surface area contributed by atoms with Gasteiger partial charge in [0.15, 0.2) is 0 Å². The predicted octanol–water partition coefficient (Wildman–Crippen LogP) is 1.82. The summed E-state index contributed by atoms with van der Waals surface area (Å²) in [5.74, 6) is 0. The van der Waals surface area contributed by atoms with Crippen molar-refractivity contribution in [3.8, 4) is 0 Å². The van der Waals surface area contributed by atoms with Crippen molar-refractivity contribution in [3.63, 3.8) is 0 Å². The Balaban J connectivity index is 2.03. The summed E-state index contributed by atoms with van der Waals surface area (Å²) in [7, 11) is 1.97. The predicted molar refractivity (Wildman–Crippen MR) is 83.1 cm³/mol. The van der Waals surface area contributed by atoms with Gasteiger partial charge in [-0.15, -0.1) is 0 Å². The number of fused-ring (bicyclic) bond motifs is 1. The van der Waals surface area contributed by atoms with Crippen LogP contribution in [0.1, 0.15) is 0 Å². The van der Waals surface area contributed by atoms with Gasteiger partial charge in [-0.25, -0.2) is 0 Å². The van der Waals surface area contributed by atoms with Crippen LogP contribution in [0, 0.1) is 0 Å². The Labute approximate surface area is 126 Å². The van der Waals surface area contributed by atoms with Crippen LogP contribution in [0.15, 0.2) is 29.0 Å². The van der Waals surface area contributed by atoms with E-state index < -0.39 is 0 Å². The van der Waals surface area contributed by atoms with E-state index in [1.807, 2.05) is 31.6 Å². The van der Waals surface area contributed by atoms with Crippen molar-refractivity contribution >= 4 is 32.7 Å². The first-order valence-corrected chi connectivity index (χ1v) is 7.48. The quantitative estimate of drug-likeness (QED) is 0.926. The smallest absolute Gasteiger partial charge is 0.112 e. The summed E-state index contributed by atoms with van der Waals surface area (Å²) >= 11 is 3.44. The van der Waals surface area contributed by atoms with Gasteiger partial charge in [0.25, 0.3) is 0 Å². The molecule has 1 unspecified atom stereocenters. The highest BCUT2D eigenvalue weighted by molar-refractivity contribution is 9.10. The molecule has 0 amide bonds. The van der Waals surface area contributed by atoms with Crippen LogP contribution < -0.4 is 10.2 Å². The lowest BCUT2D eigenvalue weighted by Crippen LogP contribution is -2.50. The number of pyridine rings is 2. The molecule has 0 aliphatic carbocycles. The molecule has 1 N–H and O–H groups in total. The second kappa shape index (κ2) is 6.03. The van der Waals surface area contributed by atoms with Gasteiger partial charge in [-0.3, -0.25) is 9.97 Å². The third kappa shape index (κ3) is 2.63. The molecule has 5 nitrogen and oxygen atoms in total. The Morgan fingerprint density at radius 3 is 3.25 bits per heavy atom. The van der Waals surface area contributed by atoms with E-state index >= 15 is 0 Å². The molecular formula is C14H17BrN4O. The molecule has 1 aliphatic rings. The van der Waals surface area contributed by atoms with Crippen molar-refractivity contribution in [3.05, 3.63) is 29.0 Å². The fourth-order valence-electron chi connectivity index (χ4n) is 2.60. The van der Waals surface area contributed by atoms with Crippen LogP contribution in [-0.2, 0) is 4.74 Å². The maximum atomic E-state index is 5.59. The van der Waals surface area contributed by atoms with Crippen molar-refractivity contribution in [2.24, 2.45) is 0 Å². The zero-order chi connectivity index (χ0) is 13.9. The Bertz CT molecular complexity index is 605. The normalized spacial score (nSPS) is 19.5. The lowest BCUT2D eigenvalue weighted by Gasteiger charge is -2.37. The molecule has 1 atom stereocenters. The third-order valence-electron chi connectivity index (χ3n) is 3.50. The Kier molecular flexibility index (Phi) is 4.14. The number of halogens is 1. The monoisotopic (exact) mass is 336 g/mol. The number of hydrogen-bond acceptors (Lipinski definition) is 5. The molecule has 3 rings (SSSR count). The summed E-state index contributed by atoms with van der Waals surface area (Å²) in [6, 6.07) is 4.36. The van der Waals surface area contributed by atoms with E-state index in [-0.39, 0.29) is 0 Å². The summed E-state index contributed by atoms with van der Waals surface area (Å²) < 4.78 is 6.54. The van der Waals surface area contributed by atoms with Crippen molar-refractivity contribution < 1.29 is 4.74 Å². The average Bonchev–Trinajstić information content (AvgIpc) is 2.47. The molecule has 2 aromatic heterocycles. The Morgan fingerprint density at radius 1 is 1.50 bits per heavy atom. The van der Waals surface area contributed by atoms with Crippen LogP contribution in [-0.4, -0.2) is 49.4 Å². The highest BCUT2D eigenvalue weighted by atomic mass is 79.9. The summed E-state index contributed by atoms with van der Waals surface area (Å²) in [5.41, 5.74) is 2.98. The zero-order valence-electron chi connectivity index (χ0n) is 11.3. The lowest BCUT2D eigenvalue weighted by molar-refractivity contribution is 0.0944. The molecule has 2 aromatic rings. The molecule has 1 saturated heterocycles. The standard InChI is InChI=1S/C14H17BrN4O/c1-16-8-11-9-20-5-4-19(11)13-2-3-17-12-6-10(15)7-18-14(12)13/h2-3,6-7,11,16H,4-5,8-9H2,1H3. The van der Waals surface area contributed by atoms with Gasteiger partial charge in [-0.1, -0.05) is 0 Å². The van der Waals surface area contributed by atoms with E-state index in [1.54, 1.807) is 0 Å². The van der Waals surface area contributed by atoms with Gasteiger partial charge < -0.3 is 15.0 Å². The van der Waals surface area contributed by atoms with Crippen LogP contribution in [0.4, 0.5) is 5.69 Å². The first kappa shape index (κ1) is 13.7. The maximum Gasteiger partial charge on any atom is 0.112 e. The highest BCUT2D eigenvalue weighted by Crippen LogP contribution is 2.27. The van der Waals surface area contributed by atoms with E-state index in [2.05, 4.69) is 36.1 Å². The first-order chi connectivity index (χ1) is 9.79. The van der Waals surface area contributed by atoms with Crippen molar-refractivity contribution in [2.45, 2.75) is 6.04 Å². The van der Waals surface area contributed by atoms with E-state index in [9.17, 15) is 0 Å². The number of anilines is 1. The molecule has 0 saturated carbocycles. The zero-order valence-corrected chi connectivity index (χ0v) is 12.9. The third-order valence-corrected chi connectivity index (χ3v) is 3.93. The number of nitrogens with zero attached hydrogens (tertiary/aromatic N) is 3. The van der Waals surface area contributed by atoms with Crippen LogP contribution in [0.3, 0.4) is 0 Å². The summed E-state index contributed by atoms with van der Waals surface area (Å²) in [6.45, 7) is 3.26. The molecule has 1 fully saturated rings. The minimum absolute atomic E-state index is 0.324. The molecule has 6 heteroatoms. The van der Waals surface area contributed by atoms with Gasteiger partial charge in [0.1, 0.15) is 5.52 Å². The van der Waals surface area contributed by atoms with Gasteiger partial charge in [-0.2, -0.15) is 0 Å². The maximum absolute atomic E-state index is 5.59. The molecule has 1 aliphatic heterocycles. The molecule has 0 bridgehead atoms. The van der Waals surface area contributed by atoms with E-state index in [1.165, 1.54) is 0 Å². The molecule has 0 spiro atoms. The average molecular weight is 337 g/mol. The molecule has 3 heterocycles. The van der Waals surface area contributed by atoms with Gasteiger partial charge in [-0.05, 0) is 35.1 Å². The van der Waals surface area contributed by atoms with Gasteiger partial charge in [0.05, 0.1) is 30.5 Å². The fraction of sp³-hybridized carbons (Fsp3) is 0.429. The number of aromatic nitrogens is 2. The molecule has 20 heavy (non-hydrogen) atoms. The topological polar surface area (TPSA) is 50.3 Å². The summed E-state index contributed by atoms with van der Waals surface area (Å²) in [6.07, 6.45) is 3.67. The second-order valence-corrected chi connectivity index (χ2v) is 5.75. The van der Waals surface area contributed by atoms with Crippen LogP contribution in [0.2, 0.25) is 0 Å². The van der Waals surface area contributed by atoms with E-state index in [0.29, 0.717) is 6.04 Å². The van der Waals surface area contributed by atoms with E-state index in [0.717, 1.165) is 47.5 Å². The largest absolute Gasteiger partial charge is 0.377 e. The Hall–Kier alpha value is -1.24. The minimum Gasteiger partial charge on any atom is -0.377 e. The minimum atomic E-state index is 0.324. The second-order valence-electron chi connectivity index (χ2n) is 4.83.